The quantitative estimate of drug-likeness (QED) is 0.408. The summed E-state index contributed by atoms with van der Waals surface area (Å²) < 4.78 is 18.9. The van der Waals surface area contributed by atoms with Crippen LogP contribution in [0.5, 0.6) is 0 Å². The predicted octanol–water partition coefficient (Wildman–Crippen LogP) is 2.13. The maximum atomic E-state index is 13.5. The van der Waals surface area contributed by atoms with E-state index in [1.54, 1.807) is 12.1 Å². The van der Waals surface area contributed by atoms with E-state index in [0.29, 0.717) is 25.7 Å². The highest BCUT2D eigenvalue weighted by atomic mass is 127. The minimum Gasteiger partial charge on any atom is -0.379 e. The van der Waals surface area contributed by atoms with Crippen LogP contribution in [0.4, 0.5) is 4.39 Å². The van der Waals surface area contributed by atoms with Crippen molar-refractivity contribution in [1.29, 1.82) is 0 Å². The minimum absolute atomic E-state index is 0. The van der Waals surface area contributed by atoms with E-state index in [2.05, 4.69) is 22.1 Å². The SMILES string of the molecule is CCCNC(N)=NCC(c1cccc(F)c1)N1CCOCC1.I. The number of nitrogens with one attached hydrogen (secondary N) is 1. The molecule has 1 saturated heterocycles. The lowest BCUT2D eigenvalue weighted by atomic mass is 10.0. The van der Waals surface area contributed by atoms with Crippen molar-refractivity contribution in [3.05, 3.63) is 35.6 Å². The summed E-state index contributed by atoms with van der Waals surface area (Å²) in [6.45, 7) is 6.41. The predicted molar refractivity (Wildman–Crippen MR) is 102 cm³/mol. The van der Waals surface area contributed by atoms with Gasteiger partial charge in [0.25, 0.3) is 0 Å². The lowest BCUT2D eigenvalue weighted by Crippen LogP contribution is -2.41. The van der Waals surface area contributed by atoms with Crippen LogP contribution in [0, 0.1) is 5.82 Å². The van der Waals surface area contributed by atoms with E-state index in [1.165, 1.54) is 6.07 Å². The van der Waals surface area contributed by atoms with Gasteiger partial charge in [-0.15, -0.1) is 24.0 Å². The average Bonchev–Trinajstić information content (AvgIpc) is 2.54. The highest BCUT2D eigenvalue weighted by Crippen LogP contribution is 2.23. The van der Waals surface area contributed by atoms with Gasteiger partial charge in [0, 0.05) is 19.6 Å². The first-order valence-electron chi connectivity index (χ1n) is 7.81. The van der Waals surface area contributed by atoms with Gasteiger partial charge in [-0.1, -0.05) is 19.1 Å². The Labute approximate surface area is 154 Å². The standard InChI is InChI=1S/C16H25FN4O.HI/c1-2-6-19-16(18)20-12-15(21-7-9-22-10-8-21)13-4-3-5-14(17)11-13;/h3-5,11,15H,2,6-10,12H2,1H3,(H3,18,19,20);1H. The van der Waals surface area contributed by atoms with E-state index in [-0.39, 0.29) is 35.8 Å². The second kappa shape index (κ2) is 10.8. The third-order valence-corrected chi connectivity index (χ3v) is 3.71. The van der Waals surface area contributed by atoms with Gasteiger partial charge in [0.15, 0.2) is 5.96 Å². The molecule has 0 radical (unpaired) electrons. The molecule has 1 unspecified atom stereocenters. The Hall–Kier alpha value is -0.930. The second-order valence-electron chi connectivity index (χ2n) is 5.37. The van der Waals surface area contributed by atoms with E-state index in [0.717, 1.165) is 31.6 Å². The number of halogens is 2. The van der Waals surface area contributed by atoms with E-state index in [1.807, 2.05) is 6.07 Å². The van der Waals surface area contributed by atoms with E-state index >= 15 is 0 Å². The normalized spacial score (nSPS) is 17.4. The number of hydrogen-bond donors (Lipinski definition) is 2. The maximum Gasteiger partial charge on any atom is 0.188 e. The zero-order valence-corrected chi connectivity index (χ0v) is 15.8. The topological polar surface area (TPSA) is 62.9 Å². The van der Waals surface area contributed by atoms with Gasteiger partial charge in [0.05, 0.1) is 25.8 Å². The zero-order chi connectivity index (χ0) is 15.8. The Morgan fingerprint density at radius 1 is 1.43 bits per heavy atom. The van der Waals surface area contributed by atoms with Crippen molar-refractivity contribution in [2.45, 2.75) is 19.4 Å². The number of guanidine groups is 1. The van der Waals surface area contributed by atoms with Crippen LogP contribution in [-0.2, 0) is 4.74 Å². The maximum absolute atomic E-state index is 13.5. The number of rotatable bonds is 6. The number of nitrogens with two attached hydrogens (primary N) is 1. The smallest absolute Gasteiger partial charge is 0.188 e. The monoisotopic (exact) mass is 436 g/mol. The molecule has 130 valence electrons. The molecule has 1 heterocycles. The summed E-state index contributed by atoms with van der Waals surface area (Å²) in [7, 11) is 0. The molecular formula is C16H26FIN4O. The number of benzene rings is 1. The first-order valence-corrected chi connectivity index (χ1v) is 7.81. The molecule has 0 spiro atoms. The van der Waals surface area contributed by atoms with Crippen molar-refractivity contribution in [2.24, 2.45) is 10.7 Å². The number of nitrogens with zero attached hydrogens (tertiary/aromatic N) is 2. The fourth-order valence-electron chi connectivity index (χ4n) is 2.53. The number of ether oxygens (including phenoxy) is 1. The van der Waals surface area contributed by atoms with Gasteiger partial charge in [0.2, 0.25) is 0 Å². The summed E-state index contributed by atoms with van der Waals surface area (Å²) in [6, 6.07) is 6.72. The Balaban J connectivity index is 0.00000264. The van der Waals surface area contributed by atoms with Crippen molar-refractivity contribution >= 4 is 29.9 Å². The van der Waals surface area contributed by atoms with Crippen LogP contribution >= 0.6 is 24.0 Å². The van der Waals surface area contributed by atoms with E-state index in [4.69, 9.17) is 10.5 Å². The van der Waals surface area contributed by atoms with E-state index in [9.17, 15) is 4.39 Å². The van der Waals surface area contributed by atoms with Gasteiger partial charge in [-0.25, -0.2) is 4.39 Å². The van der Waals surface area contributed by atoms with Gasteiger partial charge >= 0.3 is 0 Å². The molecular weight excluding hydrogens is 410 g/mol. The summed E-state index contributed by atoms with van der Waals surface area (Å²) in [5, 5.41) is 3.06. The van der Waals surface area contributed by atoms with Crippen LogP contribution in [0.25, 0.3) is 0 Å². The Kier molecular flexibility index (Phi) is 9.42. The molecule has 5 nitrogen and oxygen atoms in total. The van der Waals surface area contributed by atoms with Crippen LogP contribution in [0.1, 0.15) is 24.9 Å². The summed E-state index contributed by atoms with van der Waals surface area (Å²) in [5.41, 5.74) is 6.79. The third-order valence-electron chi connectivity index (χ3n) is 3.71. The molecule has 7 heteroatoms. The second-order valence-corrected chi connectivity index (χ2v) is 5.37. The fraction of sp³-hybridized carbons (Fsp3) is 0.562. The Morgan fingerprint density at radius 2 is 2.17 bits per heavy atom. The van der Waals surface area contributed by atoms with Crippen molar-refractivity contribution in [3.8, 4) is 0 Å². The van der Waals surface area contributed by atoms with Crippen LogP contribution in [-0.4, -0.2) is 50.3 Å². The summed E-state index contributed by atoms with van der Waals surface area (Å²) >= 11 is 0. The highest BCUT2D eigenvalue weighted by Gasteiger charge is 2.22. The molecule has 1 aliphatic rings. The highest BCUT2D eigenvalue weighted by molar-refractivity contribution is 14.0. The van der Waals surface area contributed by atoms with E-state index < -0.39 is 0 Å². The van der Waals surface area contributed by atoms with Gasteiger partial charge in [-0.3, -0.25) is 9.89 Å². The largest absolute Gasteiger partial charge is 0.379 e. The number of hydrogen-bond acceptors (Lipinski definition) is 3. The summed E-state index contributed by atoms with van der Waals surface area (Å²) in [5.74, 6) is 0.216. The van der Waals surface area contributed by atoms with Gasteiger partial charge < -0.3 is 15.8 Å². The minimum atomic E-state index is -0.225. The molecule has 1 aromatic rings. The molecule has 1 fully saturated rings. The Bertz CT molecular complexity index is 495. The molecule has 0 aromatic heterocycles. The van der Waals surface area contributed by atoms with Crippen LogP contribution in [0.3, 0.4) is 0 Å². The summed E-state index contributed by atoms with van der Waals surface area (Å²) in [4.78, 5) is 6.69. The molecule has 1 aliphatic heterocycles. The summed E-state index contributed by atoms with van der Waals surface area (Å²) in [6.07, 6.45) is 0.993. The number of morpholine rings is 1. The average molecular weight is 436 g/mol. The van der Waals surface area contributed by atoms with Crippen molar-refractivity contribution in [1.82, 2.24) is 10.2 Å². The molecule has 3 N–H and O–H groups in total. The van der Waals surface area contributed by atoms with Crippen molar-refractivity contribution in [3.63, 3.8) is 0 Å². The fourth-order valence-corrected chi connectivity index (χ4v) is 2.53. The molecule has 1 atom stereocenters. The number of aliphatic imine (C=N–C) groups is 1. The molecule has 0 amide bonds. The zero-order valence-electron chi connectivity index (χ0n) is 13.5. The molecule has 0 saturated carbocycles. The van der Waals surface area contributed by atoms with Crippen LogP contribution in [0.2, 0.25) is 0 Å². The van der Waals surface area contributed by atoms with Gasteiger partial charge in [0.1, 0.15) is 5.82 Å². The lowest BCUT2D eigenvalue weighted by Gasteiger charge is -2.34. The molecule has 0 bridgehead atoms. The molecule has 23 heavy (non-hydrogen) atoms. The van der Waals surface area contributed by atoms with Crippen LogP contribution < -0.4 is 11.1 Å². The van der Waals surface area contributed by atoms with Gasteiger partial charge in [-0.05, 0) is 24.1 Å². The molecule has 2 rings (SSSR count). The van der Waals surface area contributed by atoms with Crippen LogP contribution in [0.15, 0.2) is 29.3 Å². The third kappa shape index (κ3) is 6.60. The lowest BCUT2D eigenvalue weighted by molar-refractivity contribution is 0.0179. The van der Waals surface area contributed by atoms with Crippen molar-refractivity contribution < 1.29 is 9.13 Å². The molecule has 1 aromatic carbocycles. The first-order chi connectivity index (χ1) is 10.7. The van der Waals surface area contributed by atoms with Gasteiger partial charge in [-0.2, -0.15) is 0 Å². The first kappa shape index (κ1) is 20.1. The Morgan fingerprint density at radius 3 is 2.83 bits per heavy atom. The van der Waals surface area contributed by atoms with Crippen molar-refractivity contribution in [2.75, 3.05) is 39.4 Å². The molecule has 0 aliphatic carbocycles.